The summed E-state index contributed by atoms with van der Waals surface area (Å²) < 4.78 is 14.2. The van der Waals surface area contributed by atoms with E-state index in [-0.39, 0.29) is 11.2 Å². The van der Waals surface area contributed by atoms with Gasteiger partial charge in [0.25, 0.3) is 0 Å². The van der Waals surface area contributed by atoms with Gasteiger partial charge in [-0.15, -0.1) is 0 Å². The third-order valence-electron chi connectivity index (χ3n) is 4.43. The standard InChI is InChI=1S/C17H17F/c1-11-8-9-13(15(18)10-11)17(3)14-7-5-4-6-12(2)16(14)17/h4-10,14,16H,2H2,1,3H3. The van der Waals surface area contributed by atoms with Crippen LogP contribution in [0.25, 0.3) is 0 Å². The Morgan fingerprint density at radius 2 is 2.06 bits per heavy atom. The average molecular weight is 240 g/mol. The number of aryl methyl sites for hydroxylation is 1. The zero-order chi connectivity index (χ0) is 12.9. The number of hydrogen-bond acceptors (Lipinski definition) is 0. The highest BCUT2D eigenvalue weighted by atomic mass is 19.1. The number of hydrogen-bond donors (Lipinski definition) is 0. The molecule has 0 aliphatic heterocycles. The highest BCUT2D eigenvalue weighted by Crippen LogP contribution is 2.64. The molecule has 3 rings (SSSR count). The van der Waals surface area contributed by atoms with Crippen LogP contribution < -0.4 is 0 Å². The minimum absolute atomic E-state index is 0.0873. The quantitative estimate of drug-likeness (QED) is 0.685. The predicted molar refractivity (Wildman–Crippen MR) is 72.9 cm³/mol. The van der Waals surface area contributed by atoms with Crippen molar-refractivity contribution in [3.63, 3.8) is 0 Å². The summed E-state index contributed by atoms with van der Waals surface area (Å²) in [4.78, 5) is 0. The lowest BCUT2D eigenvalue weighted by molar-refractivity contribution is 0.569. The third-order valence-corrected chi connectivity index (χ3v) is 4.43. The number of rotatable bonds is 1. The van der Waals surface area contributed by atoms with Crippen molar-refractivity contribution in [3.05, 3.63) is 71.6 Å². The van der Waals surface area contributed by atoms with E-state index in [0.717, 1.165) is 16.7 Å². The Hall–Kier alpha value is -1.63. The Morgan fingerprint density at radius 3 is 2.78 bits per heavy atom. The summed E-state index contributed by atoms with van der Waals surface area (Å²) >= 11 is 0. The molecule has 3 unspecified atom stereocenters. The fraction of sp³-hybridized carbons (Fsp3) is 0.294. The first-order valence-electron chi connectivity index (χ1n) is 6.35. The predicted octanol–water partition coefficient (Wildman–Crippen LogP) is 4.32. The van der Waals surface area contributed by atoms with Crippen LogP contribution in [0, 0.1) is 24.6 Å². The van der Waals surface area contributed by atoms with E-state index in [9.17, 15) is 4.39 Å². The highest BCUT2D eigenvalue weighted by Gasteiger charge is 2.62. The van der Waals surface area contributed by atoms with Gasteiger partial charge in [-0.05, 0) is 30.0 Å². The van der Waals surface area contributed by atoms with Crippen LogP contribution in [0.15, 0.2) is 54.7 Å². The van der Waals surface area contributed by atoms with Gasteiger partial charge in [0.2, 0.25) is 0 Å². The van der Waals surface area contributed by atoms with E-state index in [1.165, 1.54) is 0 Å². The lowest BCUT2D eigenvalue weighted by Gasteiger charge is -2.14. The molecule has 0 amide bonds. The van der Waals surface area contributed by atoms with Gasteiger partial charge in [0, 0.05) is 11.3 Å². The van der Waals surface area contributed by atoms with Crippen molar-refractivity contribution in [3.8, 4) is 0 Å². The molecular formula is C17H17F. The summed E-state index contributed by atoms with van der Waals surface area (Å²) in [7, 11) is 0. The van der Waals surface area contributed by atoms with Crippen LogP contribution >= 0.6 is 0 Å². The molecule has 0 spiro atoms. The molecule has 1 aromatic carbocycles. The van der Waals surface area contributed by atoms with Crippen LogP contribution in [0.2, 0.25) is 0 Å². The molecule has 3 atom stereocenters. The van der Waals surface area contributed by atoms with Crippen molar-refractivity contribution < 1.29 is 4.39 Å². The summed E-state index contributed by atoms with van der Waals surface area (Å²) in [6.07, 6.45) is 8.28. The Labute approximate surface area is 108 Å². The number of allylic oxidation sites excluding steroid dienone is 5. The van der Waals surface area contributed by atoms with Crippen molar-refractivity contribution in [2.75, 3.05) is 0 Å². The van der Waals surface area contributed by atoms with Crippen molar-refractivity contribution in [2.24, 2.45) is 11.8 Å². The second kappa shape index (κ2) is 3.68. The molecule has 1 fully saturated rings. The van der Waals surface area contributed by atoms with E-state index in [2.05, 4.69) is 19.6 Å². The lowest BCUT2D eigenvalue weighted by Crippen LogP contribution is -2.10. The van der Waals surface area contributed by atoms with Crippen molar-refractivity contribution in [1.29, 1.82) is 0 Å². The Balaban J connectivity index is 2.05. The maximum Gasteiger partial charge on any atom is 0.127 e. The van der Waals surface area contributed by atoms with E-state index < -0.39 is 0 Å². The van der Waals surface area contributed by atoms with Gasteiger partial charge in [-0.25, -0.2) is 4.39 Å². The maximum absolute atomic E-state index is 14.2. The minimum Gasteiger partial charge on any atom is -0.207 e. The van der Waals surface area contributed by atoms with Crippen LogP contribution in [0.1, 0.15) is 18.1 Å². The molecule has 1 heteroatoms. The minimum atomic E-state index is -0.129. The maximum atomic E-state index is 14.2. The second-order valence-corrected chi connectivity index (χ2v) is 5.59. The van der Waals surface area contributed by atoms with Crippen LogP contribution in [0.4, 0.5) is 4.39 Å². The lowest BCUT2D eigenvalue weighted by atomic mass is 9.90. The van der Waals surface area contributed by atoms with Gasteiger partial charge in [-0.1, -0.05) is 55.5 Å². The fourth-order valence-electron chi connectivity index (χ4n) is 3.34. The summed E-state index contributed by atoms with van der Waals surface area (Å²) in [5, 5.41) is 0. The van der Waals surface area contributed by atoms with Crippen LogP contribution in [-0.4, -0.2) is 0 Å². The molecule has 18 heavy (non-hydrogen) atoms. The molecule has 0 aromatic heterocycles. The number of fused-ring (bicyclic) bond motifs is 1. The van der Waals surface area contributed by atoms with E-state index in [1.54, 1.807) is 6.07 Å². The fourth-order valence-corrected chi connectivity index (χ4v) is 3.34. The van der Waals surface area contributed by atoms with Crippen molar-refractivity contribution in [2.45, 2.75) is 19.3 Å². The normalized spacial score (nSPS) is 33.2. The van der Waals surface area contributed by atoms with Gasteiger partial charge >= 0.3 is 0 Å². The molecule has 0 bridgehead atoms. The summed E-state index contributed by atoms with van der Waals surface area (Å²) in [6.45, 7) is 8.18. The largest absolute Gasteiger partial charge is 0.207 e. The monoisotopic (exact) mass is 240 g/mol. The molecular weight excluding hydrogens is 223 g/mol. The Bertz CT molecular complexity index is 579. The first-order chi connectivity index (χ1) is 8.55. The van der Waals surface area contributed by atoms with Crippen LogP contribution in [-0.2, 0) is 5.41 Å². The van der Waals surface area contributed by atoms with Crippen LogP contribution in [0.3, 0.4) is 0 Å². The third kappa shape index (κ3) is 1.43. The molecule has 0 radical (unpaired) electrons. The first kappa shape index (κ1) is 11.5. The average Bonchev–Trinajstić information content (AvgIpc) is 2.95. The Kier molecular flexibility index (Phi) is 2.34. The van der Waals surface area contributed by atoms with Crippen molar-refractivity contribution >= 4 is 0 Å². The zero-order valence-corrected chi connectivity index (χ0v) is 10.8. The molecule has 1 saturated carbocycles. The van der Waals surface area contributed by atoms with E-state index in [1.807, 2.05) is 37.3 Å². The van der Waals surface area contributed by atoms with Gasteiger partial charge < -0.3 is 0 Å². The molecule has 92 valence electrons. The van der Waals surface area contributed by atoms with Crippen LogP contribution in [0.5, 0.6) is 0 Å². The van der Waals surface area contributed by atoms with E-state index in [0.29, 0.717) is 11.8 Å². The first-order valence-corrected chi connectivity index (χ1v) is 6.35. The van der Waals surface area contributed by atoms with E-state index >= 15 is 0 Å². The molecule has 0 heterocycles. The Morgan fingerprint density at radius 1 is 1.28 bits per heavy atom. The van der Waals surface area contributed by atoms with Gasteiger partial charge in [-0.3, -0.25) is 0 Å². The van der Waals surface area contributed by atoms with Gasteiger partial charge in [0.15, 0.2) is 0 Å². The smallest absolute Gasteiger partial charge is 0.127 e. The zero-order valence-electron chi connectivity index (χ0n) is 10.8. The molecule has 2 aliphatic rings. The summed E-state index contributed by atoms with van der Waals surface area (Å²) in [6, 6.07) is 5.55. The van der Waals surface area contributed by atoms with E-state index in [4.69, 9.17) is 0 Å². The molecule has 1 aromatic rings. The SMILES string of the molecule is C=C1C=CC=CC2C1C2(C)c1ccc(C)cc1F. The number of halogens is 1. The highest BCUT2D eigenvalue weighted by molar-refractivity contribution is 5.49. The van der Waals surface area contributed by atoms with Gasteiger partial charge in [0.1, 0.15) is 5.82 Å². The summed E-state index contributed by atoms with van der Waals surface area (Å²) in [5.74, 6) is 0.623. The van der Waals surface area contributed by atoms with Gasteiger partial charge in [0.05, 0.1) is 0 Å². The summed E-state index contributed by atoms with van der Waals surface area (Å²) in [5.41, 5.74) is 2.77. The molecule has 2 aliphatic carbocycles. The molecule has 0 N–H and O–H groups in total. The van der Waals surface area contributed by atoms with Gasteiger partial charge in [-0.2, -0.15) is 0 Å². The second-order valence-electron chi connectivity index (χ2n) is 5.59. The number of benzene rings is 1. The molecule has 0 saturated heterocycles. The topological polar surface area (TPSA) is 0 Å². The molecule has 0 nitrogen and oxygen atoms in total. The van der Waals surface area contributed by atoms with Crippen molar-refractivity contribution in [1.82, 2.24) is 0 Å².